The van der Waals surface area contributed by atoms with Crippen molar-refractivity contribution >= 4 is 0 Å². The van der Waals surface area contributed by atoms with Crippen molar-refractivity contribution in [3.05, 3.63) is 29.6 Å². The minimum Gasteiger partial charge on any atom is -0.485 e. The first-order chi connectivity index (χ1) is 7.70. The molecule has 1 aromatic rings. The summed E-state index contributed by atoms with van der Waals surface area (Å²) in [6.45, 7) is 0. The molecular weight excluding hydrogens is 209 g/mol. The SMILES string of the molecule is N#Cc1ccc(O[C@H]2CCC[C@@H]2O)c(F)c1. The lowest BCUT2D eigenvalue weighted by Crippen LogP contribution is -2.25. The summed E-state index contributed by atoms with van der Waals surface area (Å²) in [5, 5.41) is 18.1. The Kier molecular flexibility index (Phi) is 3.07. The standard InChI is InChI=1S/C12H12FNO2/c13-9-6-8(7-14)4-5-11(9)16-12-3-1-2-10(12)15/h4-6,10,12,15H,1-3H2/t10-,12-/m0/s1. The predicted molar refractivity (Wildman–Crippen MR) is 55.4 cm³/mol. The third-order valence-corrected chi connectivity index (χ3v) is 2.76. The fourth-order valence-corrected chi connectivity index (χ4v) is 1.87. The molecule has 1 fully saturated rings. The van der Waals surface area contributed by atoms with Crippen molar-refractivity contribution < 1.29 is 14.2 Å². The van der Waals surface area contributed by atoms with Crippen molar-refractivity contribution in [3.63, 3.8) is 0 Å². The molecule has 2 rings (SSSR count). The van der Waals surface area contributed by atoms with Crippen molar-refractivity contribution in [2.45, 2.75) is 31.5 Å². The van der Waals surface area contributed by atoms with Crippen LogP contribution in [0.3, 0.4) is 0 Å². The van der Waals surface area contributed by atoms with Gasteiger partial charge in [-0.1, -0.05) is 0 Å². The molecule has 0 heterocycles. The molecular formula is C12H12FNO2. The number of rotatable bonds is 2. The van der Waals surface area contributed by atoms with E-state index in [-0.39, 0.29) is 17.4 Å². The molecule has 1 aliphatic rings. The number of nitrogens with zero attached hydrogens (tertiary/aromatic N) is 1. The van der Waals surface area contributed by atoms with Crippen LogP contribution >= 0.6 is 0 Å². The molecule has 0 aliphatic heterocycles. The second-order valence-electron chi connectivity index (χ2n) is 3.91. The molecule has 16 heavy (non-hydrogen) atoms. The fraction of sp³-hybridized carbons (Fsp3) is 0.417. The summed E-state index contributed by atoms with van der Waals surface area (Å²) in [6, 6.07) is 5.92. The fourth-order valence-electron chi connectivity index (χ4n) is 1.87. The second kappa shape index (κ2) is 4.50. The summed E-state index contributed by atoms with van der Waals surface area (Å²) in [5.41, 5.74) is 0.261. The van der Waals surface area contributed by atoms with Gasteiger partial charge >= 0.3 is 0 Å². The quantitative estimate of drug-likeness (QED) is 0.830. The Bertz CT molecular complexity index is 428. The third kappa shape index (κ3) is 2.15. The molecule has 2 atom stereocenters. The Morgan fingerprint density at radius 3 is 2.81 bits per heavy atom. The van der Waals surface area contributed by atoms with Gasteiger partial charge < -0.3 is 9.84 Å². The lowest BCUT2D eigenvalue weighted by atomic mass is 10.2. The van der Waals surface area contributed by atoms with Gasteiger partial charge in [0.1, 0.15) is 6.10 Å². The molecule has 84 valence electrons. The highest BCUT2D eigenvalue weighted by molar-refractivity contribution is 5.36. The first-order valence-electron chi connectivity index (χ1n) is 5.25. The number of aliphatic hydroxyl groups excluding tert-OH is 1. The topological polar surface area (TPSA) is 53.2 Å². The number of nitriles is 1. The van der Waals surface area contributed by atoms with Crippen LogP contribution in [0.1, 0.15) is 24.8 Å². The summed E-state index contributed by atoms with van der Waals surface area (Å²) in [7, 11) is 0. The molecule has 0 amide bonds. The van der Waals surface area contributed by atoms with E-state index in [1.54, 1.807) is 0 Å². The highest BCUT2D eigenvalue weighted by atomic mass is 19.1. The molecule has 1 saturated carbocycles. The lowest BCUT2D eigenvalue weighted by Gasteiger charge is -2.17. The maximum absolute atomic E-state index is 13.5. The minimum atomic E-state index is -0.557. The normalized spacial score (nSPS) is 24.1. The molecule has 4 heteroatoms. The van der Waals surface area contributed by atoms with E-state index in [0.29, 0.717) is 6.42 Å². The van der Waals surface area contributed by atoms with E-state index in [4.69, 9.17) is 10.00 Å². The zero-order chi connectivity index (χ0) is 11.5. The molecule has 1 N–H and O–H groups in total. The second-order valence-corrected chi connectivity index (χ2v) is 3.91. The van der Waals surface area contributed by atoms with Crippen molar-refractivity contribution in [2.24, 2.45) is 0 Å². The van der Waals surface area contributed by atoms with E-state index in [9.17, 15) is 9.50 Å². The van der Waals surface area contributed by atoms with Crippen molar-refractivity contribution in [3.8, 4) is 11.8 Å². The number of hydrogen-bond acceptors (Lipinski definition) is 3. The van der Waals surface area contributed by atoms with Gasteiger partial charge in [-0.05, 0) is 37.5 Å². The number of benzene rings is 1. The highest BCUT2D eigenvalue weighted by Gasteiger charge is 2.27. The van der Waals surface area contributed by atoms with Crippen LogP contribution in [0, 0.1) is 17.1 Å². The molecule has 0 saturated heterocycles. The Morgan fingerprint density at radius 1 is 1.44 bits per heavy atom. The van der Waals surface area contributed by atoms with Crippen LogP contribution in [0.2, 0.25) is 0 Å². The lowest BCUT2D eigenvalue weighted by molar-refractivity contribution is 0.0578. The molecule has 0 radical (unpaired) electrons. The van der Waals surface area contributed by atoms with E-state index in [1.165, 1.54) is 12.1 Å². The van der Waals surface area contributed by atoms with Gasteiger partial charge in [-0.3, -0.25) is 0 Å². The van der Waals surface area contributed by atoms with Gasteiger partial charge in [0.2, 0.25) is 0 Å². The van der Waals surface area contributed by atoms with Crippen LogP contribution < -0.4 is 4.74 Å². The molecule has 0 spiro atoms. The van der Waals surface area contributed by atoms with Gasteiger partial charge in [-0.15, -0.1) is 0 Å². The van der Waals surface area contributed by atoms with E-state index in [1.807, 2.05) is 6.07 Å². The maximum atomic E-state index is 13.5. The highest BCUT2D eigenvalue weighted by Crippen LogP contribution is 2.26. The van der Waals surface area contributed by atoms with Gasteiger partial charge in [0, 0.05) is 0 Å². The summed E-state index contributed by atoms with van der Waals surface area (Å²) in [5.74, 6) is -0.455. The monoisotopic (exact) mass is 221 g/mol. The van der Waals surface area contributed by atoms with E-state index >= 15 is 0 Å². The zero-order valence-electron chi connectivity index (χ0n) is 8.69. The first kappa shape index (κ1) is 10.9. The van der Waals surface area contributed by atoms with Crippen molar-refractivity contribution in [1.82, 2.24) is 0 Å². The number of aliphatic hydroxyl groups is 1. The first-order valence-corrected chi connectivity index (χ1v) is 5.25. The Hall–Kier alpha value is -1.60. The Morgan fingerprint density at radius 2 is 2.25 bits per heavy atom. The molecule has 0 aromatic heterocycles. The summed E-state index contributed by atoms with van der Waals surface area (Å²) >= 11 is 0. The minimum absolute atomic E-state index is 0.102. The number of halogens is 1. The van der Waals surface area contributed by atoms with Gasteiger partial charge in [0.05, 0.1) is 17.7 Å². The molecule has 1 aromatic carbocycles. The summed E-state index contributed by atoms with van der Waals surface area (Å²) < 4.78 is 18.8. The molecule has 0 bridgehead atoms. The average Bonchev–Trinajstić information content (AvgIpc) is 2.67. The van der Waals surface area contributed by atoms with Gasteiger partial charge in [-0.25, -0.2) is 4.39 Å². The average molecular weight is 221 g/mol. The van der Waals surface area contributed by atoms with Crippen LogP contribution in [-0.4, -0.2) is 17.3 Å². The van der Waals surface area contributed by atoms with Gasteiger partial charge in [-0.2, -0.15) is 5.26 Å². The Balaban J connectivity index is 2.13. The predicted octanol–water partition coefficient (Wildman–Crippen LogP) is 1.99. The van der Waals surface area contributed by atoms with Crippen LogP contribution in [0.15, 0.2) is 18.2 Å². The molecule has 1 aliphatic carbocycles. The van der Waals surface area contributed by atoms with Crippen LogP contribution in [-0.2, 0) is 0 Å². The van der Waals surface area contributed by atoms with E-state index in [2.05, 4.69) is 0 Å². The third-order valence-electron chi connectivity index (χ3n) is 2.76. The zero-order valence-corrected chi connectivity index (χ0v) is 8.69. The van der Waals surface area contributed by atoms with Crippen LogP contribution in [0.5, 0.6) is 5.75 Å². The van der Waals surface area contributed by atoms with Gasteiger partial charge in [0.15, 0.2) is 11.6 Å². The van der Waals surface area contributed by atoms with Crippen molar-refractivity contribution in [1.29, 1.82) is 5.26 Å². The number of ether oxygens (including phenoxy) is 1. The van der Waals surface area contributed by atoms with Gasteiger partial charge in [0.25, 0.3) is 0 Å². The van der Waals surface area contributed by atoms with Crippen LogP contribution in [0.4, 0.5) is 4.39 Å². The van der Waals surface area contributed by atoms with E-state index in [0.717, 1.165) is 18.9 Å². The molecule has 0 unspecified atom stereocenters. The Labute approximate surface area is 93.1 Å². The summed E-state index contributed by atoms with van der Waals surface area (Å²) in [6.07, 6.45) is 1.48. The van der Waals surface area contributed by atoms with Crippen LogP contribution in [0.25, 0.3) is 0 Å². The van der Waals surface area contributed by atoms with Crippen molar-refractivity contribution in [2.75, 3.05) is 0 Å². The smallest absolute Gasteiger partial charge is 0.166 e. The maximum Gasteiger partial charge on any atom is 0.166 e. The largest absolute Gasteiger partial charge is 0.485 e. The molecule has 3 nitrogen and oxygen atoms in total. The number of hydrogen-bond donors (Lipinski definition) is 1. The summed E-state index contributed by atoms with van der Waals surface area (Å²) in [4.78, 5) is 0. The van der Waals surface area contributed by atoms with E-state index < -0.39 is 11.9 Å².